The number of aliphatic hydroxyl groups is 1. The van der Waals surface area contributed by atoms with Gasteiger partial charge in [0.1, 0.15) is 5.75 Å². The van der Waals surface area contributed by atoms with Crippen LogP contribution in [-0.2, 0) is 18.3 Å². The largest absolute Gasteiger partial charge is 0.497 e. The molecule has 1 N–H and O–H groups in total. The third-order valence-electron chi connectivity index (χ3n) is 7.00. The van der Waals surface area contributed by atoms with Crippen LogP contribution in [0.1, 0.15) is 42.4 Å². The Hall–Kier alpha value is -2.09. The maximum absolute atomic E-state index is 12.8. The van der Waals surface area contributed by atoms with Gasteiger partial charge in [0.15, 0.2) is 0 Å². The van der Waals surface area contributed by atoms with Gasteiger partial charge < -0.3 is 9.84 Å². The zero-order chi connectivity index (χ0) is 22.8. The minimum atomic E-state index is -4.35. The van der Waals surface area contributed by atoms with Gasteiger partial charge in [-0.3, -0.25) is 9.80 Å². The zero-order valence-electron chi connectivity index (χ0n) is 18.4. The van der Waals surface area contributed by atoms with Gasteiger partial charge >= 0.3 is 6.18 Å². The van der Waals surface area contributed by atoms with Gasteiger partial charge in [0.2, 0.25) is 0 Å². The Bertz CT molecular complexity index is 885. The van der Waals surface area contributed by atoms with Crippen molar-refractivity contribution in [2.75, 3.05) is 33.3 Å². The maximum atomic E-state index is 12.8. The second-order valence-corrected chi connectivity index (χ2v) is 9.00. The Morgan fingerprint density at radius 3 is 2.25 bits per heavy atom. The van der Waals surface area contributed by atoms with Crippen LogP contribution < -0.4 is 4.74 Å². The molecule has 1 heterocycles. The predicted molar refractivity (Wildman–Crippen MR) is 117 cm³/mol. The van der Waals surface area contributed by atoms with Crippen LogP contribution in [0.4, 0.5) is 13.2 Å². The minimum Gasteiger partial charge on any atom is -0.497 e. The Morgan fingerprint density at radius 1 is 1.00 bits per heavy atom. The standard InChI is InChI=1S/C25H31F3N2O2/c1-32-23-4-2-3-19(17-23)18-29-13-15-30(16-14-29)22-9-11-24(31,12-10-22)20-5-7-21(8-6-20)25(26,27)28/h2-8,17,22,31H,9-16,18H2,1H3. The first kappa shape index (κ1) is 23.1. The summed E-state index contributed by atoms with van der Waals surface area (Å²) < 4.78 is 43.8. The van der Waals surface area contributed by atoms with Crippen LogP contribution in [0.3, 0.4) is 0 Å². The number of hydrogen-bond acceptors (Lipinski definition) is 4. The maximum Gasteiger partial charge on any atom is 0.416 e. The van der Waals surface area contributed by atoms with Gasteiger partial charge in [-0.1, -0.05) is 24.3 Å². The summed E-state index contributed by atoms with van der Waals surface area (Å²) in [5, 5.41) is 11.1. The summed E-state index contributed by atoms with van der Waals surface area (Å²) in [7, 11) is 1.68. The average Bonchev–Trinajstić information content (AvgIpc) is 2.80. The van der Waals surface area contributed by atoms with Crippen LogP contribution in [-0.4, -0.2) is 54.2 Å². The van der Waals surface area contributed by atoms with Crippen LogP contribution in [0.15, 0.2) is 48.5 Å². The SMILES string of the molecule is COc1cccc(CN2CCN(C3CCC(O)(c4ccc(C(F)(F)F)cc4)CC3)CC2)c1. The van der Waals surface area contributed by atoms with Crippen molar-refractivity contribution < 1.29 is 23.0 Å². The molecule has 4 rings (SSSR count). The van der Waals surface area contributed by atoms with Crippen molar-refractivity contribution in [3.05, 3.63) is 65.2 Å². The molecule has 1 saturated heterocycles. The fraction of sp³-hybridized carbons (Fsp3) is 0.520. The molecule has 0 amide bonds. The quantitative estimate of drug-likeness (QED) is 0.722. The second kappa shape index (κ2) is 9.41. The summed E-state index contributed by atoms with van der Waals surface area (Å²) in [6.45, 7) is 4.89. The predicted octanol–water partition coefficient (Wildman–Crippen LogP) is 4.66. The minimum absolute atomic E-state index is 0.420. The molecule has 4 nitrogen and oxygen atoms in total. The number of alkyl halides is 3. The van der Waals surface area contributed by atoms with Crippen LogP contribution in [0.2, 0.25) is 0 Å². The summed E-state index contributed by atoms with van der Waals surface area (Å²) in [4.78, 5) is 4.96. The third-order valence-corrected chi connectivity index (χ3v) is 7.00. The number of rotatable bonds is 5. The molecule has 0 aromatic heterocycles. The highest BCUT2D eigenvalue weighted by molar-refractivity contribution is 5.30. The molecule has 0 spiro atoms. The smallest absolute Gasteiger partial charge is 0.416 e. The lowest BCUT2D eigenvalue weighted by Crippen LogP contribution is -2.51. The Balaban J connectivity index is 1.27. The average molecular weight is 449 g/mol. The van der Waals surface area contributed by atoms with E-state index in [9.17, 15) is 18.3 Å². The van der Waals surface area contributed by atoms with E-state index < -0.39 is 17.3 Å². The van der Waals surface area contributed by atoms with E-state index in [2.05, 4.69) is 21.9 Å². The second-order valence-electron chi connectivity index (χ2n) is 9.00. The van der Waals surface area contributed by atoms with Crippen molar-refractivity contribution in [2.45, 2.75) is 50.0 Å². The van der Waals surface area contributed by atoms with E-state index in [1.807, 2.05) is 12.1 Å². The topological polar surface area (TPSA) is 35.9 Å². The summed E-state index contributed by atoms with van der Waals surface area (Å²) in [5.74, 6) is 0.879. The van der Waals surface area contributed by atoms with Gasteiger partial charge in [-0.05, 0) is 61.1 Å². The summed E-state index contributed by atoms with van der Waals surface area (Å²) in [5.41, 5.74) is 0.129. The molecular weight excluding hydrogens is 417 g/mol. The molecule has 1 aliphatic carbocycles. The highest BCUT2D eigenvalue weighted by Gasteiger charge is 2.38. The van der Waals surface area contributed by atoms with Gasteiger partial charge in [-0.25, -0.2) is 0 Å². The molecule has 0 unspecified atom stereocenters. The third kappa shape index (κ3) is 5.27. The van der Waals surface area contributed by atoms with E-state index in [0.29, 0.717) is 24.4 Å². The van der Waals surface area contributed by atoms with E-state index in [1.165, 1.54) is 17.7 Å². The lowest BCUT2D eigenvalue weighted by Gasteiger charge is -2.44. The van der Waals surface area contributed by atoms with Gasteiger partial charge in [-0.2, -0.15) is 13.2 Å². The summed E-state index contributed by atoms with van der Waals surface area (Å²) in [6.07, 6.45) is -1.49. The van der Waals surface area contributed by atoms with Gasteiger partial charge in [-0.15, -0.1) is 0 Å². The number of methoxy groups -OCH3 is 1. The highest BCUT2D eigenvalue weighted by atomic mass is 19.4. The lowest BCUT2D eigenvalue weighted by molar-refractivity contribution is -0.137. The number of halogens is 3. The number of nitrogens with zero attached hydrogens (tertiary/aromatic N) is 2. The van der Waals surface area contributed by atoms with Crippen molar-refractivity contribution in [2.24, 2.45) is 0 Å². The van der Waals surface area contributed by atoms with Crippen molar-refractivity contribution in [3.63, 3.8) is 0 Å². The van der Waals surface area contributed by atoms with Gasteiger partial charge in [0.25, 0.3) is 0 Å². The first-order valence-corrected chi connectivity index (χ1v) is 11.3. The summed E-state index contributed by atoms with van der Waals surface area (Å²) >= 11 is 0. The van der Waals surface area contributed by atoms with E-state index in [-0.39, 0.29) is 0 Å². The first-order chi connectivity index (χ1) is 15.3. The Morgan fingerprint density at radius 2 is 1.66 bits per heavy atom. The van der Waals surface area contributed by atoms with Crippen molar-refractivity contribution in [1.82, 2.24) is 9.80 Å². The number of piperazine rings is 1. The molecule has 2 aromatic carbocycles. The van der Waals surface area contributed by atoms with Gasteiger partial charge in [0.05, 0.1) is 18.3 Å². The van der Waals surface area contributed by atoms with E-state index >= 15 is 0 Å². The number of hydrogen-bond donors (Lipinski definition) is 1. The Kier molecular flexibility index (Phi) is 6.79. The molecule has 1 saturated carbocycles. The zero-order valence-corrected chi connectivity index (χ0v) is 18.4. The lowest BCUT2D eigenvalue weighted by atomic mass is 9.77. The molecule has 2 aliphatic rings. The van der Waals surface area contributed by atoms with Crippen LogP contribution in [0.25, 0.3) is 0 Å². The molecule has 32 heavy (non-hydrogen) atoms. The first-order valence-electron chi connectivity index (χ1n) is 11.3. The van der Waals surface area contributed by atoms with Crippen molar-refractivity contribution in [3.8, 4) is 5.75 Å². The molecule has 0 bridgehead atoms. The van der Waals surface area contributed by atoms with Gasteiger partial charge in [0, 0.05) is 38.8 Å². The molecule has 2 aromatic rings. The molecule has 2 fully saturated rings. The highest BCUT2D eigenvalue weighted by Crippen LogP contribution is 2.40. The van der Waals surface area contributed by atoms with Crippen molar-refractivity contribution >= 4 is 0 Å². The molecule has 7 heteroatoms. The molecule has 174 valence electrons. The van der Waals surface area contributed by atoms with E-state index in [4.69, 9.17) is 4.74 Å². The molecule has 1 aliphatic heterocycles. The van der Waals surface area contributed by atoms with Crippen LogP contribution >= 0.6 is 0 Å². The summed E-state index contributed by atoms with van der Waals surface area (Å²) in [6, 6.07) is 13.6. The molecular formula is C25H31F3N2O2. The van der Waals surface area contributed by atoms with Crippen molar-refractivity contribution in [1.29, 1.82) is 0 Å². The van der Waals surface area contributed by atoms with Crippen LogP contribution in [0.5, 0.6) is 5.75 Å². The van der Waals surface area contributed by atoms with E-state index in [1.54, 1.807) is 7.11 Å². The van der Waals surface area contributed by atoms with Crippen LogP contribution in [0, 0.1) is 0 Å². The normalized spacial score (nSPS) is 25.6. The molecule has 0 atom stereocenters. The molecule has 0 radical (unpaired) electrons. The monoisotopic (exact) mass is 448 g/mol. The number of benzene rings is 2. The van der Waals surface area contributed by atoms with E-state index in [0.717, 1.165) is 63.4 Å². The fourth-order valence-corrected chi connectivity index (χ4v) is 5.02. The Labute approximate surface area is 187 Å². The number of ether oxygens (including phenoxy) is 1. The fourth-order valence-electron chi connectivity index (χ4n) is 5.02.